The van der Waals surface area contributed by atoms with Crippen LogP contribution in [0.5, 0.6) is 0 Å². The Balaban J connectivity index is 1.93. The summed E-state index contributed by atoms with van der Waals surface area (Å²) in [6.07, 6.45) is -0.353. The summed E-state index contributed by atoms with van der Waals surface area (Å²) in [4.78, 5) is 34.5. The number of nitrogens with one attached hydrogen (secondary N) is 1. The molecule has 0 aliphatic rings. The Morgan fingerprint density at radius 2 is 1.76 bits per heavy atom. The Morgan fingerprint density at radius 3 is 2.43 bits per heavy atom. The molecule has 0 aliphatic heterocycles. The van der Waals surface area contributed by atoms with Gasteiger partial charge in [0, 0.05) is 13.5 Å². The highest BCUT2D eigenvalue weighted by atomic mass is 32.1. The van der Waals surface area contributed by atoms with Gasteiger partial charge in [0.15, 0.2) is 11.6 Å². The SMILES string of the molecule is CC(=O)C(=O)CC(=O)c1ccc(NCc2ccccc2)s1. The molecule has 0 saturated heterocycles. The summed E-state index contributed by atoms with van der Waals surface area (Å²) in [6.45, 7) is 1.85. The molecule has 0 atom stereocenters. The van der Waals surface area contributed by atoms with Crippen LogP contribution in [0.2, 0.25) is 0 Å². The molecule has 2 rings (SSSR count). The lowest BCUT2D eigenvalue weighted by atomic mass is 10.1. The van der Waals surface area contributed by atoms with E-state index in [4.69, 9.17) is 0 Å². The monoisotopic (exact) mass is 301 g/mol. The molecule has 0 unspecified atom stereocenters. The van der Waals surface area contributed by atoms with Gasteiger partial charge in [-0.2, -0.15) is 0 Å². The largest absolute Gasteiger partial charge is 0.373 e. The minimum atomic E-state index is -0.646. The van der Waals surface area contributed by atoms with E-state index in [1.807, 2.05) is 30.3 Å². The number of Topliss-reactive ketones (excluding diaryl/α,β-unsaturated/α-hetero) is 3. The third-order valence-electron chi connectivity index (χ3n) is 2.90. The highest BCUT2D eigenvalue weighted by molar-refractivity contribution is 7.18. The summed E-state index contributed by atoms with van der Waals surface area (Å²) in [5, 5.41) is 4.09. The maximum atomic E-state index is 11.9. The van der Waals surface area contributed by atoms with E-state index >= 15 is 0 Å². The lowest BCUT2D eigenvalue weighted by Gasteiger charge is -2.02. The van der Waals surface area contributed by atoms with Crippen LogP contribution >= 0.6 is 11.3 Å². The molecule has 21 heavy (non-hydrogen) atoms. The average Bonchev–Trinajstić information content (AvgIpc) is 2.95. The lowest BCUT2D eigenvalue weighted by molar-refractivity contribution is -0.134. The van der Waals surface area contributed by atoms with Gasteiger partial charge in [0.25, 0.3) is 0 Å². The molecule has 0 aliphatic carbocycles. The summed E-state index contributed by atoms with van der Waals surface area (Å²) in [7, 11) is 0. The van der Waals surface area contributed by atoms with Gasteiger partial charge in [-0.3, -0.25) is 14.4 Å². The zero-order valence-corrected chi connectivity index (χ0v) is 12.4. The minimum Gasteiger partial charge on any atom is -0.373 e. The summed E-state index contributed by atoms with van der Waals surface area (Å²) in [6, 6.07) is 13.4. The molecule has 1 heterocycles. The minimum absolute atomic E-state index is 0.312. The van der Waals surface area contributed by atoms with Gasteiger partial charge < -0.3 is 5.32 Å². The topological polar surface area (TPSA) is 63.2 Å². The van der Waals surface area contributed by atoms with E-state index in [0.29, 0.717) is 11.4 Å². The van der Waals surface area contributed by atoms with E-state index in [1.54, 1.807) is 12.1 Å². The van der Waals surface area contributed by atoms with E-state index in [1.165, 1.54) is 18.3 Å². The molecule has 2 aromatic rings. The number of carbonyl (C=O) groups is 3. The van der Waals surface area contributed by atoms with Crippen molar-refractivity contribution in [2.75, 3.05) is 5.32 Å². The predicted molar refractivity (Wildman–Crippen MR) is 82.7 cm³/mol. The molecule has 0 spiro atoms. The van der Waals surface area contributed by atoms with Gasteiger partial charge in [0.1, 0.15) is 0 Å². The molecular weight excluding hydrogens is 286 g/mol. The van der Waals surface area contributed by atoms with Crippen LogP contribution < -0.4 is 5.32 Å². The summed E-state index contributed by atoms with van der Waals surface area (Å²) in [5.41, 5.74) is 1.14. The zero-order chi connectivity index (χ0) is 15.2. The number of carbonyl (C=O) groups excluding carboxylic acids is 3. The van der Waals surface area contributed by atoms with E-state index < -0.39 is 11.6 Å². The van der Waals surface area contributed by atoms with Crippen LogP contribution in [0.4, 0.5) is 5.00 Å². The van der Waals surface area contributed by atoms with Crippen LogP contribution in [0.1, 0.15) is 28.6 Å². The van der Waals surface area contributed by atoms with Gasteiger partial charge in [-0.1, -0.05) is 30.3 Å². The van der Waals surface area contributed by atoms with Gasteiger partial charge in [0.2, 0.25) is 5.78 Å². The van der Waals surface area contributed by atoms with Crippen molar-refractivity contribution >= 4 is 33.7 Å². The van der Waals surface area contributed by atoms with Gasteiger partial charge in [0.05, 0.1) is 16.3 Å². The molecule has 4 nitrogen and oxygen atoms in total. The number of benzene rings is 1. The maximum absolute atomic E-state index is 11.9. The number of anilines is 1. The third kappa shape index (κ3) is 4.36. The van der Waals surface area contributed by atoms with Crippen LogP contribution in [-0.4, -0.2) is 17.3 Å². The fourth-order valence-electron chi connectivity index (χ4n) is 1.73. The standard InChI is InChI=1S/C16H15NO3S/c1-11(18)13(19)9-14(20)15-7-8-16(21-15)17-10-12-5-3-2-4-6-12/h2-8,17H,9-10H2,1H3. The number of ketones is 3. The van der Waals surface area contributed by atoms with E-state index in [0.717, 1.165) is 10.6 Å². The van der Waals surface area contributed by atoms with Crippen molar-refractivity contribution in [1.29, 1.82) is 0 Å². The first-order valence-electron chi connectivity index (χ1n) is 6.51. The van der Waals surface area contributed by atoms with Crippen molar-refractivity contribution in [3.05, 3.63) is 52.9 Å². The Bertz CT molecular complexity index is 661. The zero-order valence-electron chi connectivity index (χ0n) is 11.6. The van der Waals surface area contributed by atoms with Crippen molar-refractivity contribution in [1.82, 2.24) is 0 Å². The molecular formula is C16H15NO3S. The number of rotatable bonds is 7. The Hall–Kier alpha value is -2.27. The third-order valence-corrected chi connectivity index (χ3v) is 3.99. The quantitative estimate of drug-likeness (QED) is 0.485. The second kappa shape index (κ2) is 6.95. The fraction of sp³-hybridized carbons (Fsp3) is 0.188. The first-order chi connectivity index (χ1) is 10.1. The summed E-state index contributed by atoms with van der Waals surface area (Å²) < 4.78 is 0. The lowest BCUT2D eigenvalue weighted by Crippen LogP contribution is -2.14. The molecule has 0 radical (unpaired) electrons. The van der Waals surface area contributed by atoms with Gasteiger partial charge in [-0.05, 0) is 17.7 Å². The van der Waals surface area contributed by atoms with Crippen LogP contribution in [0.15, 0.2) is 42.5 Å². The van der Waals surface area contributed by atoms with E-state index in [-0.39, 0.29) is 12.2 Å². The van der Waals surface area contributed by atoms with Crippen LogP contribution in [0, 0.1) is 0 Å². The molecule has 1 aromatic carbocycles. The van der Waals surface area contributed by atoms with Gasteiger partial charge in [-0.15, -0.1) is 11.3 Å². The average molecular weight is 301 g/mol. The summed E-state index contributed by atoms with van der Waals surface area (Å²) in [5.74, 6) is -1.54. The van der Waals surface area contributed by atoms with E-state index in [2.05, 4.69) is 5.32 Å². The highest BCUT2D eigenvalue weighted by Gasteiger charge is 2.16. The molecule has 1 N–H and O–H groups in total. The first kappa shape index (κ1) is 15.1. The number of hydrogen-bond acceptors (Lipinski definition) is 5. The molecule has 108 valence electrons. The molecule has 0 saturated carbocycles. The fourth-order valence-corrected chi connectivity index (χ4v) is 2.56. The van der Waals surface area contributed by atoms with Crippen molar-refractivity contribution in [2.24, 2.45) is 0 Å². The normalized spacial score (nSPS) is 10.1. The second-order valence-electron chi connectivity index (χ2n) is 4.58. The van der Waals surface area contributed by atoms with Crippen LogP contribution in [-0.2, 0) is 16.1 Å². The number of hydrogen-bond donors (Lipinski definition) is 1. The van der Waals surface area contributed by atoms with Crippen molar-refractivity contribution in [2.45, 2.75) is 19.9 Å². The molecule has 0 fully saturated rings. The first-order valence-corrected chi connectivity index (χ1v) is 7.32. The Morgan fingerprint density at radius 1 is 1.05 bits per heavy atom. The molecule has 1 aromatic heterocycles. The summed E-state index contributed by atoms with van der Waals surface area (Å²) >= 11 is 1.29. The van der Waals surface area contributed by atoms with Crippen LogP contribution in [0.25, 0.3) is 0 Å². The Kier molecular flexibility index (Phi) is 5.00. The Labute approximate surface area is 126 Å². The van der Waals surface area contributed by atoms with Crippen LogP contribution in [0.3, 0.4) is 0 Å². The van der Waals surface area contributed by atoms with Gasteiger partial charge >= 0.3 is 0 Å². The predicted octanol–water partition coefficient (Wildman–Crippen LogP) is 3.09. The van der Waals surface area contributed by atoms with Crippen molar-refractivity contribution in [3.8, 4) is 0 Å². The smallest absolute Gasteiger partial charge is 0.205 e. The highest BCUT2D eigenvalue weighted by Crippen LogP contribution is 2.23. The second-order valence-corrected chi connectivity index (χ2v) is 5.67. The molecule has 5 heteroatoms. The maximum Gasteiger partial charge on any atom is 0.205 e. The van der Waals surface area contributed by atoms with Gasteiger partial charge in [-0.25, -0.2) is 0 Å². The van der Waals surface area contributed by atoms with Crippen molar-refractivity contribution in [3.63, 3.8) is 0 Å². The van der Waals surface area contributed by atoms with E-state index in [9.17, 15) is 14.4 Å². The number of thiophene rings is 1. The van der Waals surface area contributed by atoms with Crippen molar-refractivity contribution < 1.29 is 14.4 Å². The molecule has 0 bridgehead atoms. The molecule has 0 amide bonds.